The zero-order valence-electron chi connectivity index (χ0n) is 11.0. The second kappa shape index (κ2) is 6.33. The fourth-order valence-electron chi connectivity index (χ4n) is 1.59. The zero-order valence-corrected chi connectivity index (χ0v) is 13.4. The fraction of sp³-hybridized carbons (Fsp3) is 0.154. The molecule has 21 heavy (non-hydrogen) atoms. The molecule has 0 aliphatic rings. The average Bonchev–Trinajstić information content (AvgIpc) is 2.90. The number of aromatic carboxylic acids is 1. The van der Waals surface area contributed by atoms with Crippen LogP contribution < -0.4 is 11.1 Å². The highest BCUT2D eigenvalue weighted by atomic mass is 79.9. The van der Waals surface area contributed by atoms with E-state index in [-0.39, 0.29) is 23.0 Å². The molecule has 2 aromatic rings. The largest absolute Gasteiger partial charge is 0.478 e. The highest BCUT2D eigenvalue weighted by Gasteiger charge is 2.17. The van der Waals surface area contributed by atoms with Gasteiger partial charge >= 0.3 is 5.97 Å². The summed E-state index contributed by atoms with van der Waals surface area (Å²) in [7, 11) is 0. The minimum atomic E-state index is -1.12. The number of carboxylic acid groups (broad SMARTS) is 1. The van der Waals surface area contributed by atoms with Crippen LogP contribution in [0.1, 0.15) is 38.8 Å². The van der Waals surface area contributed by atoms with Gasteiger partial charge in [0.25, 0.3) is 5.91 Å². The van der Waals surface area contributed by atoms with Gasteiger partial charge < -0.3 is 16.2 Å². The van der Waals surface area contributed by atoms with E-state index in [0.717, 1.165) is 0 Å². The summed E-state index contributed by atoms with van der Waals surface area (Å²) < 4.78 is 0.616. The number of thiazole rings is 1. The van der Waals surface area contributed by atoms with Crippen molar-refractivity contribution in [3.63, 3.8) is 0 Å². The van der Waals surface area contributed by atoms with Crippen molar-refractivity contribution in [2.75, 3.05) is 5.32 Å². The number of hydrogen-bond acceptors (Lipinski definition) is 5. The Balaban J connectivity index is 2.25. The summed E-state index contributed by atoms with van der Waals surface area (Å²) in [5.41, 5.74) is 6.12. The maximum absolute atomic E-state index is 12.1. The first-order valence-corrected chi connectivity index (χ1v) is 7.61. The standard InChI is InChI=1S/C13H12BrN3O3S/c1-6(15)12-17-10(5-21-12)11(18)16-9-3-2-7(14)4-8(9)13(19)20/h2-6H,15H2,1H3,(H,16,18)(H,19,20). The number of nitrogens with one attached hydrogen (secondary N) is 1. The van der Waals surface area contributed by atoms with Crippen LogP contribution in [0.25, 0.3) is 0 Å². The number of carboxylic acids is 1. The molecule has 1 aromatic carbocycles. The van der Waals surface area contributed by atoms with E-state index in [0.29, 0.717) is 9.48 Å². The van der Waals surface area contributed by atoms with Crippen LogP contribution >= 0.6 is 27.3 Å². The summed E-state index contributed by atoms with van der Waals surface area (Å²) in [5, 5.41) is 13.9. The molecule has 0 radical (unpaired) electrons. The Morgan fingerprint density at radius 1 is 1.48 bits per heavy atom. The van der Waals surface area contributed by atoms with Crippen LogP contribution in [-0.4, -0.2) is 22.0 Å². The second-order valence-corrected chi connectivity index (χ2v) is 6.11. The van der Waals surface area contributed by atoms with Crippen molar-refractivity contribution in [3.05, 3.63) is 44.3 Å². The Morgan fingerprint density at radius 2 is 2.19 bits per heavy atom. The Labute approximate surface area is 133 Å². The normalized spacial score (nSPS) is 12.0. The van der Waals surface area contributed by atoms with Crippen molar-refractivity contribution in [1.82, 2.24) is 4.98 Å². The summed E-state index contributed by atoms with van der Waals surface area (Å²) in [5.74, 6) is -1.59. The lowest BCUT2D eigenvalue weighted by atomic mass is 10.2. The summed E-state index contributed by atoms with van der Waals surface area (Å²) in [6.45, 7) is 1.78. The van der Waals surface area contributed by atoms with Crippen LogP contribution in [0.3, 0.4) is 0 Å². The number of carbonyl (C=O) groups excluding carboxylic acids is 1. The van der Waals surface area contributed by atoms with Gasteiger partial charge in [0.05, 0.1) is 17.3 Å². The van der Waals surface area contributed by atoms with Gasteiger partial charge in [-0.2, -0.15) is 0 Å². The quantitative estimate of drug-likeness (QED) is 0.768. The molecule has 0 aliphatic heterocycles. The third-order valence-electron chi connectivity index (χ3n) is 2.60. The maximum atomic E-state index is 12.1. The molecule has 0 saturated heterocycles. The Hall–Kier alpha value is -1.77. The molecule has 8 heteroatoms. The van der Waals surface area contributed by atoms with Crippen molar-refractivity contribution in [2.45, 2.75) is 13.0 Å². The van der Waals surface area contributed by atoms with E-state index in [1.807, 2.05) is 0 Å². The van der Waals surface area contributed by atoms with Crippen LogP contribution in [0.5, 0.6) is 0 Å². The van der Waals surface area contributed by atoms with Gasteiger partial charge in [-0.15, -0.1) is 11.3 Å². The minimum Gasteiger partial charge on any atom is -0.478 e. The van der Waals surface area contributed by atoms with Gasteiger partial charge in [0.15, 0.2) is 0 Å². The van der Waals surface area contributed by atoms with E-state index >= 15 is 0 Å². The predicted molar refractivity (Wildman–Crippen MR) is 83.8 cm³/mol. The van der Waals surface area contributed by atoms with Crippen LogP contribution in [0.4, 0.5) is 5.69 Å². The predicted octanol–water partition coefficient (Wildman–Crippen LogP) is 2.88. The van der Waals surface area contributed by atoms with Gasteiger partial charge in [-0.1, -0.05) is 15.9 Å². The molecule has 1 amide bonds. The molecule has 1 heterocycles. The molecule has 0 bridgehead atoms. The smallest absolute Gasteiger partial charge is 0.337 e. The third-order valence-corrected chi connectivity index (χ3v) is 4.14. The van der Waals surface area contributed by atoms with Crippen LogP contribution in [0.2, 0.25) is 0 Å². The van der Waals surface area contributed by atoms with Crippen molar-refractivity contribution in [2.24, 2.45) is 5.73 Å². The van der Waals surface area contributed by atoms with Crippen molar-refractivity contribution in [1.29, 1.82) is 0 Å². The van der Waals surface area contributed by atoms with E-state index in [1.165, 1.54) is 23.5 Å². The molecule has 0 saturated carbocycles. The fourth-order valence-corrected chi connectivity index (χ4v) is 2.71. The Morgan fingerprint density at radius 3 is 2.76 bits per heavy atom. The van der Waals surface area contributed by atoms with Crippen LogP contribution in [0, 0.1) is 0 Å². The number of hydrogen-bond donors (Lipinski definition) is 3. The van der Waals surface area contributed by atoms with E-state index in [4.69, 9.17) is 10.8 Å². The number of halogens is 1. The molecule has 1 unspecified atom stereocenters. The number of amides is 1. The van der Waals surface area contributed by atoms with Gasteiger partial charge in [0.1, 0.15) is 10.7 Å². The van der Waals surface area contributed by atoms with Crippen LogP contribution in [0.15, 0.2) is 28.1 Å². The lowest BCUT2D eigenvalue weighted by Gasteiger charge is -2.07. The minimum absolute atomic E-state index is 0.000343. The lowest BCUT2D eigenvalue weighted by molar-refractivity contribution is 0.0698. The summed E-state index contributed by atoms with van der Waals surface area (Å²) >= 11 is 4.48. The third kappa shape index (κ3) is 3.66. The molecule has 1 atom stereocenters. The number of nitrogens with zero attached hydrogens (tertiary/aromatic N) is 1. The molecule has 0 aliphatic carbocycles. The number of anilines is 1. The van der Waals surface area contributed by atoms with Gasteiger partial charge in [-0.05, 0) is 25.1 Å². The molecule has 0 spiro atoms. The molecule has 1 aromatic heterocycles. The molecule has 4 N–H and O–H groups in total. The molecule has 2 rings (SSSR count). The number of rotatable bonds is 4. The van der Waals surface area contributed by atoms with Gasteiger partial charge in [-0.25, -0.2) is 9.78 Å². The molecule has 0 fully saturated rings. The first kappa shape index (κ1) is 15.6. The summed E-state index contributed by atoms with van der Waals surface area (Å²) in [6.07, 6.45) is 0. The van der Waals surface area contributed by atoms with E-state index in [1.54, 1.807) is 18.4 Å². The molecule has 6 nitrogen and oxygen atoms in total. The topological polar surface area (TPSA) is 105 Å². The lowest BCUT2D eigenvalue weighted by Crippen LogP contribution is -2.15. The maximum Gasteiger partial charge on any atom is 0.337 e. The first-order chi connectivity index (χ1) is 9.88. The van der Waals surface area contributed by atoms with Crippen molar-refractivity contribution in [3.8, 4) is 0 Å². The van der Waals surface area contributed by atoms with Gasteiger partial charge in [-0.3, -0.25) is 4.79 Å². The number of carbonyl (C=O) groups is 2. The van der Waals surface area contributed by atoms with E-state index in [2.05, 4.69) is 26.2 Å². The monoisotopic (exact) mass is 369 g/mol. The highest BCUT2D eigenvalue weighted by Crippen LogP contribution is 2.22. The van der Waals surface area contributed by atoms with Crippen molar-refractivity contribution < 1.29 is 14.7 Å². The summed E-state index contributed by atoms with van der Waals surface area (Å²) in [4.78, 5) is 27.4. The zero-order chi connectivity index (χ0) is 15.6. The second-order valence-electron chi connectivity index (χ2n) is 4.31. The highest BCUT2D eigenvalue weighted by molar-refractivity contribution is 9.10. The van der Waals surface area contributed by atoms with Gasteiger partial charge in [0.2, 0.25) is 0 Å². The van der Waals surface area contributed by atoms with E-state index < -0.39 is 11.9 Å². The van der Waals surface area contributed by atoms with E-state index in [9.17, 15) is 9.59 Å². The molecule has 110 valence electrons. The van der Waals surface area contributed by atoms with Crippen LogP contribution in [-0.2, 0) is 0 Å². The van der Waals surface area contributed by atoms with Gasteiger partial charge in [0, 0.05) is 9.85 Å². The summed E-state index contributed by atoms with van der Waals surface area (Å²) in [6, 6.07) is 4.34. The number of aromatic nitrogens is 1. The molecular weight excluding hydrogens is 358 g/mol. The average molecular weight is 370 g/mol. The SMILES string of the molecule is CC(N)c1nc(C(=O)Nc2ccc(Br)cc2C(=O)O)cs1. The first-order valence-electron chi connectivity index (χ1n) is 5.93. The molecular formula is C13H12BrN3O3S. The Kier molecular flexibility index (Phi) is 4.71. The Bertz CT molecular complexity index is 700. The van der Waals surface area contributed by atoms with Crippen molar-refractivity contribution >= 4 is 44.8 Å². The number of nitrogens with two attached hydrogens (primary N) is 1. The number of benzene rings is 1.